The van der Waals surface area contributed by atoms with Crippen molar-refractivity contribution in [3.05, 3.63) is 137 Å². The van der Waals surface area contributed by atoms with Gasteiger partial charge >= 0.3 is 0 Å². The van der Waals surface area contributed by atoms with Crippen LogP contribution >= 0.6 is 0 Å². The minimum atomic E-state index is -0.0688. The molecule has 1 heteroatoms. The minimum absolute atomic E-state index is 0.0418. The molecule has 5 aromatic carbocycles. The molecule has 0 heterocycles. The lowest BCUT2D eigenvalue weighted by molar-refractivity contribution is 0.443. The lowest BCUT2D eigenvalue weighted by Gasteiger charge is -2.31. The SMILES string of the molecule is CC(C)(C)c1cc(-c2ccccc2N(c2ccc(C3CCCCC3)cc2)c2ccc3c(c2)C(C)(C)c2ccccc2-3)cc(C(C)(C)C)c1. The summed E-state index contributed by atoms with van der Waals surface area (Å²) in [5, 5.41) is 0. The molecule has 0 unspecified atom stereocenters. The predicted octanol–water partition coefficient (Wildman–Crippen LogP) is 13.8. The molecule has 0 saturated heterocycles. The fraction of sp³-hybridized carbons (Fsp3) is 0.362. The average Bonchev–Trinajstić information content (AvgIpc) is 3.31. The molecule has 0 radical (unpaired) electrons. The van der Waals surface area contributed by atoms with Gasteiger partial charge in [-0.2, -0.15) is 0 Å². The van der Waals surface area contributed by atoms with Gasteiger partial charge in [0, 0.05) is 22.4 Å². The highest BCUT2D eigenvalue weighted by Crippen LogP contribution is 2.51. The van der Waals surface area contributed by atoms with E-state index in [0.717, 1.165) is 0 Å². The summed E-state index contributed by atoms with van der Waals surface area (Å²) in [5.41, 5.74) is 15.9. The highest BCUT2D eigenvalue weighted by atomic mass is 15.1. The molecular formula is C47H53N. The first-order valence-corrected chi connectivity index (χ1v) is 18.2. The normalized spacial score (nSPS) is 16.0. The topological polar surface area (TPSA) is 3.24 Å². The maximum absolute atomic E-state index is 2.51. The zero-order valence-electron chi connectivity index (χ0n) is 30.5. The van der Waals surface area contributed by atoms with Crippen molar-refractivity contribution in [1.82, 2.24) is 0 Å². The van der Waals surface area contributed by atoms with Crippen LogP contribution in [0.15, 0.2) is 109 Å². The Morgan fingerprint density at radius 1 is 0.542 bits per heavy atom. The van der Waals surface area contributed by atoms with Crippen LogP contribution in [0.25, 0.3) is 22.3 Å². The van der Waals surface area contributed by atoms with Gasteiger partial charge in [0.25, 0.3) is 0 Å². The van der Waals surface area contributed by atoms with Gasteiger partial charge in [-0.3, -0.25) is 0 Å². The molecule has 0 N–H and O–H groups in total. The average molecular weight is 632 g/mol. The molecule has 0 aromatic heterocycles. The number of hydrogen-bond donors (Lipinski definition) is 0. The van der Waals surface area contributed by atoms with Gasteiger partial charge < -0.3 is 4.90 Å². The van der Waals surface area contributed by atoms with Crippen molar-refractivity contribution >= 4 is 17.1 Å². The summed E-state index contributed by atoms with van der Waals surface area (Å²) in [6, 6.07) is 42.0. The van der Waals surface area contributed by atoms with Gasteiger partial charge in [-0.15, -0.1) is 0 Å². The summed E-state index contributed by atoms with van der Waals surface area (Å²) in [6.07, 6.45) is 6.71. The van der Waals surface area contributed by atoms with E-state index in [1.54, 1.807) is 0 Å². The number of fused-ring (bicyclic) bond motifs is 3. The number of anilines is 3. The van der Waals surface area contributed by atoms with Crippen molar-refractivity contribution < 1.29 is 0 Å². The Bertz CT molecular complexity index is 1910. The van der Waals surface area contributed by atoms with Crippen LogP contribution in [0.5, 0.6) is 0 Å². The van der Waals surface area contributed by atoms with E-state index in [0.29, 0.717) is 5.92 Å². The molecular weight excluding hydrogens is 579 g/mol. The quantitative estimate of drug-likeness (QED) is 0.187. The smallest absolute Gasteiger partial charge is 0.0540 e. The summed E-state index contributed by atoms with van der Waals surface area (Å²) in [4.78, 5) is 2.51. The predicted molar refractivity (Wildman–Crippen MR) is 207 cm³/mol. The van der Waals surface area contributed by atoms with Crippen LogP contribution < -0.4 is 4.90 Å². The van der Waals surface area contributed by atoms with E-state index >= 15 is 0 Å². The van der Waals surface area contributed by atoms with Gasteiger partial charge in [-0.25, -0.2) is 0 Å². The van der Waals surface area contributed by atoms with Crippen molar-refractivity contribution in [2.75, 3.05) is 4.90 Å². The molecule has 0 aliphatic heterocycles. The van der Waals surface area contributed by atoms with Crippen molar-refractivity contribution in [2.45, 2.75) is 110 Å². The molecule has 0 spiro atoms. The Morgan fingerprint density at radius 2 is 1.10 bits per heavy atom. The van der Waals surface area contributed by atoms with Gasteiger partial charge in [0.2, 0.25) is 0 Å². The van der Waals surface area contributed by atoms with Crippen LogP contribution in [0.1, 0.15) is 121 Å². The van der Waals surface area contributed by atoms with Crippen LogP contribution in [0.2, 0.25) is 0 Å². The van der Waals surface area contributed by atoms with Crippen LogP contribution in [0.3, 0.4) is 0 Å². The molecule has 1 saturated carbocycles. The Morgan fingerprint density at radius 3 is 1.75 bits per heavy atom. The molecule has 0 bridgehead atoms. The molecule has 2 aliphatic rings. The maximum Gasteiger partial charge on any atom is 0.0540 e. The Labute approximate surface area is 290 Å². The van der Waals surface area contributed by atoms with Crippen molar-refractivity contribution in [2.24, 2.45) is 0 Å². The molecule has 1 nitrogen and oxygen atoms in total. The molecule has 0 atom stereocenters. The largest absolute Gasteiger partial charge is 0.310 e. The first-order chi connectivity index (χ1) is 22.8. The van der Waals surface area contributed by atoms with Gasteiger partial charge in [0.05, 0.1) is 5.69 Å². The lowest BCUT2D eigenvalue weighted by Crippen LogP contribution is -2.17. The highest BCUT2D eigenvalue weighted by Gasteiger charge is 2.36. The van der Waals surface area contributed by atoms with Crippen molar-refractivity contribution in [3.63, 3.8) is 0 Å². The minimum Gasteiger partial charge on any atom is -0.310 e. The van der Waals surface area contributed by atoms with Crippen molar-refractivity contribution in [1.29, 1.82) is 0 Å². The molecule has 5 aromatic rings. The zero-order valence-corrected chi connectivity index (χ0v) is 30.5. The molecule has 2 aliphatic carbocycles. The molecule has 7 rings (SSSR count). The second kappa shape index (κ2) is 12.1. The van der Waals surface area contributed by atoms with E-state index < -0.39 is 0 Å². The van der Waals surface area contributed by atoms with E-state index in [9.17, 15) is 0 Å². The van der Waals surface area contributed by atoms with Crippen LogP contribution in [0, 0.1) is 0 Å². The maximum atomic E-state index is 2.51. The summed E-state index contributed by atoms with van der Waals surface area (Å²) in [5.74, 6) is 0.684. The number of nitrogens with zero attached hydrogens (tertiary/aromatic N) is 1. The second-order valence-corrected chi connectivity index (χ2v) is 17.0. The number of rotatable bonds is 5. The van der Waals surface area contributed by atoms with Crippen molar-refractivity contribution in [3.8, 4) is 22.3 Å². The van der Waals surface area contributed by atoms with Crippen LogP contribution in [-0.4, -0.2) is 0 Å². The van der Waals surface area contributed by atoms with Gasteiger partial charge in [0.1, 0.15) is 0 Å². The lowest BCUT2D eigenvalue weighted by atomic mass is 9.78. The third kappa shape index (κ3) is 5.91. The zero-order chi connectivity index (χ0) is 33.8. The number of benzene rings is 5. The van der Waals surface area contributed by atoms with Crippen LogP contribution in [0.4, 0.5) is 17.1 Å². The molecule has 1 fully saturated rings. The van der Waals surface area contributed by atoms with Crippen LogP contribution in [-0.2, 0) is 16.2 Å². The summed E-state index contributed by atoms with van der Waals surface area (Å²) >= 11 is 0. The van der Waals surface area contributed by atoms with E-state index in [1.165, 1.54) is 99.2 Å². The summed E-state index contributed by atoms with van der Waals surface area (Å²) in [7, 11) is 0. The summed E-state index contributed by atoms with van der Waals surface area (Å²) in [6.45, 7) is 18.7. The number of hydrogen-bond acceptors (Lipinski definition) is 1. The second-order valence-electron chi connectivity index (χ2n) is 17.0. The van der Waals surface area contributed by atoms with E-state index in [1.807, 2.05) is 0 Å². The molecule has 246 valence electrons. The monoisotopic (exact) mass is 631 g/mol. The first-order valence-electron chi connectivity index (χ1n) is 18.2. The third-order valence-corrected chi connectivity index (χ3v) is 11.2. The Balaban J connectivity index is 1.42. The molecule has 0 amide bonds. The fourth-order valence-electron chi connectivity index (χ4n) is 8.15. The van der Waals surface area contributed by atoms with Gasteiger partial charge in [-0.05, 0) is 104 Å². The third-order valence-electron chi connectivity index (χ3n) is 11.2. The van der Waals surface area contributed by atoms with E-state index in [-0.39, 0.29) is 16.2 Å². The fourth-order valence-corrected chi connectivity index (χ4v) is 8.15. The summed E-state index contributed by atoms with van der Waals surface area (Å²) < 4.78 is 0. The Kier molecular flexibility index (Phi) is 8.18. The van der Waals surface area contributed by atoms with E-state index in [4.69, 9.17) is 0 Å². The van der Waals surface area contributed by atoms with E-state index in [2.05, 4.69) is 169 Å². The standard InChI is InChI=1S/C47H53N/c1-45(2,3)35-28-34(29-36(30-35)46(4,5)6)39-18-13-15-21-44(39)48(37-24-22-33(23-25-37)32-16-10-9-11-17-32)38-26-27-41-40-19-12-14-20-42(40)47(7,8)43(41)31-38/h12-15,18-32H,9-11,16-17H2,1-8H3. The number of para-hydroxylation sites is 1. The first kappa shape index (κ1) is 32.4. The van der Waals surface area contributed by atoms with Gasteiger partial charge in [-0.1, -0.05) is 154 Å². The van der Waals surface area contributed by atoms with Gasteiger partial charge in [0.15, 0.2) is 0 Å². The Hall–Kier alpha value is -4.10. The highest BCUT2D eigenvalue weighted by molar-refractivity contribution is 5.90. The molecule has 48 heavy (non-hydrogen) atoms.